The molecule has 5 heteroatoms. The number of aliphatic hydroxyl groups excluding tert-OH is 1. The van der Waals surface area contributed by atoms with Gasteiger partial charge in [-0.15, -0.1) is 0 Å². The summed E-state index contributed by atoms with van der Waals surface area (Å²) in [6, 6.07) is 13.4. The number of carbonyl (C=O) groups is 1. The first-order valence-corrected chi connectivity index (χ1v) is 8.94. The zero-order chi connectivity index (χ0) is 17.6. The van der Waals surface area contributed by atoms with E-state index in [4.69, 9.17) is 4.42 Å². The number of hydrogen-bond acceptors (Lipinski definition) is 3. The minimum absolute atomic E-state index is 0.131. The molecule has 2 N–H and O–H groups in total. The summed E-state index contributed by atoms with van der Waals surface area (Å²) in [5.74, 6) is 0.970. The first kappa shape index (κ1) is 17.5. The predicted molar refractivity (Wildman–Crippen MR) is 95.9 cm³/mol. The van der Waals surface area contributed by atoms with Crippen LogP contribution in [0.25, 0.3) is 0 Å². The maximum absolute atomic E-state index is 12.8. The molecule has 3 atom stereocenters. The molecule has 0 radical (unpaired) electrons. The van der Waals surface area contributed by atoms with Gasteiger partial charge in [-0.25, -0.2) is 4.79 Å². The van der Waals surface area contributed by atoms with Crippen LogP contribution in [-0.2, 0) is 6.54 Å². The molecule has 0 aliphatic heterocycles. The average molecular weight is 342 g/mol. The molecule has 1 aromatic heterocycles. The second kappa shape index (κ2) is 8.21. The van der Waals surface area contributed by atoms with E-state index in [1.807, 2.05) is 30.3 Å². The summed E-state index contributed by atoms with van der Waals surface area (Å²) in [4.78, 5) is 14.5. The second-order valence-corrected chi connectivity index (χ2v) is 6.86. The van der Waals surface area contributed by atoms with E-state index in [1.165, 1.54) is 6.26 Å². The van der Waals surface area contributed by atoms with E-state index in [2.05, 4.69) is 12.2 Å². The molecule has 2 amide bonds. The Morgan fingerprint density at radius 1 is 1.28 bits per heavy atom. The maximum atomic E-state index is 12.8. The number of amides is 2. The molecule has 3 unspecified atom stereocenters. The standard InChI is InChI=1S/C20H26N2O3/c1-15-7-5-10-17(15)21-20(24)22(13-16-8-3-2-4-9-16)14-18(23)19-11-6-12-25-19/h2-4,6,8-9,11-12,15,17-18,23H,5,7,10,13-14H2,1H3,(H,21,24). The highest BCUT2D eigenvalue weighted by Gasteiger charge is 2.28. The van der Waals surface area contributed by atoms with Crippen molar-refractivity contribution in [1.82, 2.24) is 10.2 Å². The maximum Gasteiger partial charge on any atom is 0.318 e. The van der Waals surface area contributed by atoms with Crippen LogP contribution in [0, 0.1) is 5.92 Å². The minimum atomic E-state index is -0.842. The summed E-state index contributed by atoms with van der Waals surface area (Å²) >= 11 is 0. The third kappa shape index (κ3) is 4.63. The smallest absolute Gasteiger partial charge is 0.318 e. The van der Waals surface area contributed by atoms with E-state index in [0.29, 0.717) is 18.2 Å². The number of nitrogens with one attached hydrogen (secondary N) is 1. The normalized spacial score (nSPS) is 21.0. The molecule has 1 aliphatic carbocycles. The Morgan fingerprint density at radius 2 is 2.08 bits per heavy atom. The van der Waals surface area contributed by atoms with Crippen molar-refractivity contribution in [3.63, 3.8) is 0 Å². The van der Waals surface area contributed by atoms with Crippen LogP contribution in [0.15, 0.2) is 53.1 Å². The van der Waals surface area contributed by atoms with E-state index in [1.54, 1.807) is 17.0 Å². The van der Waals surface area contributed by atoms with Gasteiger partial charge in [-0.05, 0) is 36.5 Å². The van der Waals surface area contributed by atoms with Gasteiger partial charge in [0.15, 0.2) is 0 Å². The fraction of sp³-hybridized carbons (Fsp3) is 0.450. The summed E-state index contributed by atoms with van der Waals surface area (Å²) in [5.41, 5.74) is 1.03. The van der Waals surface area contributed by atoms with Gasteiger partial charge in [-0.2, -0.15) is 0 Å². The summed E-state index contributed by atoms with van der Waals surface area (Å²) in [7, 11) is 0. The zero-order valence-electron chi connectivity index (χ0n) is 14.6. The Morgan fingerprint density at radius 3 is 2.72 bits per heavy atom. The molecule has 1 fully saturated rings. The molecule has 25 heavy (non-hydrogen) atoms. The topological polar surface area (TPSA) is 65.7 Å². The molecule has 1 heterocycles. The summed E-state index contributed by atoms with van der Waals surface area (Å²) in [6.07, 6.45) is 4.01. The second-order valence-electron chi connectivity index (χ2n) is 6.86. The van der Waals surface area contributed by atoms with Crippen LogP contribution < -0.4 is 5.32 Å². The van der Waals surface area contributed by atoms with Crippen molar-refractivity contribution in [3.8, 4) is 0 Å². The van der Waals surface area contributed by atoms with E-state index in [0.717, 1.165) is 24.8 Å². The number of nitrogens with zero attached hydrogens (tertiary/aromatic N) is 1. The highest BCUT2D eigenvalue weighted by atomic mass is 16.4. The summed E-state index contributed by atoms with van der Waals surface area (Å²) < 4.78 is 5.27. The number of hydrogen-bond donors (Lipinski definition) is 2. The van der Waals surface area contributed by atoms with Gasteiger partial charge in [-0.3, -0.25) is 0 Å². The molecule has 1 aromatic carbocycles. The molecular formula is C20H26N2O3. The molecule has 134 valence electrons. The minimum Gasteiger partial charge on any atom is -0.467 e. The average Bonchev–Trinajstić information content (AvgIpc) is 3.28. The fourth-order valence-electron chi connectivity index (χ4n) is 3.41. The van der Waals surface area contributed by atoms with E-state index in [-0.39, 0.29) is 18.6 Å². The monoisotopic (exact) mass is 342 g/mol. The van der Waals surface area contributed by atoms with Gasteiger partial charge in [0.25, 0.3) is 0 Å². The van der Waals surface area contributed by atoms with E-state index in [9.17, 15) is 9.90 Å². The third-order valence-corrected chi connectivity index (χ3v) is 4.94. The van der Waals surface area contributed by atoms with Crippen molar-refractivity contribution in [1.29, 1.82) is 0 Å². The van der Waals surface area contributed by atoms with Gasteiger partial charge >= 0.3 is 6.03 Å². The number of benzene rings is 1. The summed E-state index contributed by atoms with van der Waals surface area (Å²) in [6.45, 7) is 2.82. The molecule has 0 bridgehead atoms. The van der Waals surface area contributed by atoms with Crippen LogP contribution in [0.5, 0.6) is 0 Å². The molecule has 2 aromatic rings. The molecule has 0 saturated heterocycles. The number of rotatable bonds is 6. The third-order valence-electron chi connectivity index (χ3n) is 4.94. The van der Waals surface area contributed by atoms with Crippen LogP contribution in [0.1, 0.15) is 43.6 Å². The fourth-order valence-corrected chi connectivity index (χ4v) is 3.41. The zero-order valence-corrected chi connectivity index (χ0v) is 14.6. The number of carbonyl (C=O) groups excluding carboxylic acids is 1. The first-order valence-electron chi connectivity index (χ1n) is 8.94. The molecule has 1 saturated carbocycles. The van der Waals surface area contributed by atoms with Crippen LogP contribution in [-0.4, -0.2) is 28.6 Å². The Balaban J connectivity index is 1.69. The lowest BCUT2D eigenvalue weighted by atomic mass is 10.1. The van der Waals surface area contributed by atoms with Gasteiger partial charge in [0.2, 0.25) is 0 Å². The molecular weight excluding hydrogens is 316 g/mol. The summed E-state index contributed by atoms with van der Waals surface area (Å²) in [5, 5.41) is 13.5. The van der Waals surface area contributed by atoms with Gasteiger partial charge in [0, 0.05) is 12.6 Å². The van der Waals surface area contributed by atoms with Gasteiger partial charge in [0.05, 0.1) is 12.8 Å². The lowest BCUT2D eigenvalue weighted by Crippen LogP contribution is -2.46. The van der Waals surface area contributed by atoms with Crippen LogP contribution in [0.3, 0.4) is 0 Å². The van der Waals surface area contributed by atoms with Crippen molar-refractivity contribution in [2.24, 2.45) is 5.92 Å². The number of furan rings is 1. The van der Waals surface area contributed by atoms with Crippen LogP contribution in [0.2, 0.25) is 0 Å². The largest absolute Gasteiger partial charge is 0.467 e. The number of urea groups is 1. The van der Waals surface area contributed by atoms with Crippen molar-refractivity contribution in [2.75, 3.05) is 6.54 Å². The van der Waals surface area contributed by atoms with Crippen molar-refractivity contribution < 1.29 is 14.3 Å². The Hall–Kier alpha value is -2.27. The lowest BCUT2D eigenvalue weighted by molar-refractivity contribution is 0.0996. The number of aliphatic hydroxyl groups is 1. The van der Waals surface area contributed by atoms with Crippen LogP contribution in [0.4, 0.5) is 4.79 Å². The SMILES string of the molecule is CC1CCCC1NC(=O)N(Cc1ccccc1)CC(O)c1ccco1. The molecule has 3 rings (SSSR count). The van der Waals surface area contributed by atoms with Gasteiger partial charge in [0.1, 0.15) is 11.9 Å². The highest BCUT2D eigenvalue weighted by molar-refractivity contribution is 5.74. The Kier molecular flexibility index (Phi) is 5.76. The quantitative estimate of drug-likeness (QED) is 0.841. The predicted octanol–water partition coefficient (Wildman–Crippen LogP) is 3.71. The first-order chi connectivity index (χ1) is 12.1. The Labute approximate surface area is 148 Å². The van der Waals surface area contributed by atoms with Gasteiger partial charge < -0.3 is 19.7 Å². The highest BCUT2D eigenvalue weighted by Crippen LogP contribution is 2.25. The van der Waals surface area contributed by atoms with E-state index < -0.39 is 6.10 Å². The van der Waals surface area contributed by atoms with Crippen molar-refractivity contribution >= 4 is 6.03 Å². The van der Waals surface area contributed by atoms with Gasteiger partial charge in [-0.1, -0.05) is 43.7 Å². The van der Waals surface area contributed by atoms with Crippen LogP contribution >= 0.6 is 0 Å². The molecule has 5 nitrogen and oxygen atoms in total. The lowest BCUT2D eigenvalue weighted by Gasteiger charge is -2.28. The molecule has 0 spiro atoms. The van der Waals surface area contributed by atoms with Crippen molar-refractivity contribution in [3.05, 3.63) is 60.1 Å². The Bertz CT molecular complexity index is 657. The molecule has 1 aliphatic rings. The van der Waals surface area contributed by atoms with Crippen molar-refractivity contribution in [2.45, 2.75) is 44.9 Å². The van der Waals surface area contributed by atoms with E-state index >= 15 is 0 Å².